The largest absolute Gasteiger partial charge is 0.310 e. The highest BCUT2D eigenvalue weighted by Gasteiger charge is 2.14. The molecule has 4 aromatic rings. The molecule has 0 aliphatic rings. The lowest BCUT2D eigenvalue weighted by atomic mass is 10.1. The summed E-state index contributed by atoms with van der Waals surface area (Å²) in [5, 5.41) is 1.12. The second-order valence-corrected chi connectivity index (χ2v) is 10.2. The van der Waals surface area contributed by atoms with Gasteiger partial charge in [0.2, 0.25) is 0 Å². The van der Waals surface area contributed by atoms with Crippen molar-refractivity contribution in [3.8, 4) is 0 Å². The Morgan fingerprint density at radius 1 is 0.895 bits per heavy atom. The number of aromatic amines is 2. The third-order valence-corrected chi connectivity index (χ3v) is 6.52. The predicted octanol–water partition coefficient (Wildman–Crippen LogP) is 8.53. The van der Waals surface area contributed by atoms with Crippen LogP contribution in [0.15, 0.2) is 54.9 Å². The van der Waals surface area contributed by atoms with E-state index in [1.807, 2.05) is 19.1 Å². The van der Waals surface area contributed by atoms with Crippen LogP contribution in [-0.2, 0) is 6.42 Å². The van der Waals surface area contributed by atoms with Crippen LogP contribution in [0.3, 0.4) is 0 Å². The molecule has 0 spiro atoms. The van der Waals surface area contributed by atoms with Crippen LogP contribution in [0, 0.1) is 0 Å². The van der Waals surface area contributed by atoms with E-state index in [9.17, 15) is 18.4 Å². The van der Waals surface area contributed by atoms with Gasteiger partial charge in [-0.2, -0.15) is 0 Å². The van der Waals surface area contributed by atoms with E-state index in [1.54, 1.807) is 24.3 Å². The zero-order valence-corrected chi connectivity index (χ0v) is 24.1. The molecule has 0 fully saturated rings. The number of halogens is 4. The van der Waals surface area contributed by atoms with Crippen molar-refractivity contribution in [3.63, 3.8) is 0 Å². The summed E-state index contributed by atoms with van der Waals surface area (Å²) < 4.78 is 31.2. The number of H-pyrrole nitrogens is 2. The van der Waals surface area contributed by atoms with Gasteiger partial charge in [-0.05, 0) is 49.2 Å². The number of nitrogens with one attached hydrogen (secondary N) is 2. The van der Waals surface area contributed by atoms with Gasteiger partial charge in [-0.25, -0.2) is 14.4 Å². The molecular formula is C28H36Br2F2N4O2. The van der Waals surface area contributed by atoms with Crippen molar-refractivity contribution >= 4 is 53.7 Å². The summed E-state index contributed by atoms with van der Waals surface area (Å²) in [5.74, 6) is 0.910. The van der Waals surface area contributed by atoms with Crippen LogP contribution in [0.1, 0.15) is 79.0 Å². The molecule has 10 heteroatoms. The third-order valence-electron chi connectivity index (χ3n) is 5.53. The SMILES string of the molecule is C.CCCCC(F)c1nc2cc(Br)ccc2c(=O)[nH]1.CCCCCc1nc2cc(Br)ccc2c(=O)[nH]1.[2H]CF. The lowest BCUT2D eigenvalue weighted by Gasteiger charge is -2.07. The molecule has 0 saturated carbocycles. The predicted molar refractivity (Wildman–Crippen MR) is 160 cm³/mol. The normalized spacial score (nSPS) is 11.5. The van der Waals surface area contributed by atoms with Crippen molar-refractivity contribution < 1.29 is 10.2 Å². The average molecular weight is 659 g/mol. The summed E-state index contributed by atoms with van der Waals surface area (Å²) in [6, 6.07) is 10.7. The Kier molecular flexibility index (Phi) is 14.4. The minimum absolute atomic E-state index is 0. The van der Waals surface area contributed by atoms with E-state index >= 15 is 0 Å². The summed E-state index contributed by atoms with van der Waals surface area (Å²) in [7, 11) is -1.00. The average Bonchev–Trinajstić information content (AvgIpc) is 2.87. The molecule has 38 heavy (non-hydrogen) atoms. The number of unbranched alkanes of at least 4 members (excludes halogenated alkanes) is 3. The first-order valence-electron chi connectivity index (χ1n) is 12.8. The number of aryl methyl sites for hydroxylation is 1. The van der Waals surface area contributed by atoms with Gasteiger partial charge in [-0.3, -0.25) is 14.0 Å². The molecule has 1 unspecified atom stereocenters. The van der Waals surface area contributed by atoms with Gasteiger partial charge in [0.25, 0.3) is 11.1 Å². The van der Waals surface area contributed by atoms with E-state index < -0.39 is 13.3 Å². The number of nitrogens with zero attached hydrogens (tertiary/aromatic N) is 2. The van der Waals surface area contributed by atoms with Gasteiger partial charge < -0.3 is 9.97 Å². The first kappa shape index (κ1) is 31.8. The molecular weight excluding hydrogens is 622 g/mol. The van der Waals surface area contributed by atoms with E-state index in [1.165, 1.54) is 12.8 Å². The van der Waals surface area contributed by atoms with Crippen LogP contribution in [0.25, 0.3) is 21.8 Å². The Balaban J connectivity index is 0.000000347. The van der Waals surface area contributed by atoms with Crippen LogP contribution in [-0.4, -0.2) is 27.1 Å². The van der Waals surface area contributed by atoms with Crippen LogP contribution >= 0.6 is 31.9 Å². The van der Waals surface area contributed by atoms with Crippen molar-refractivity contribution in [2.75, 3.05) is 7.15 Å². The highest BCUT2D eigenvalue weighted by Crippen LogP contribution is 2.22. The molecule has 0 amide bonds. The maximum absolute atomic E-state index is 13.9. The smallest absolute Gasteiger partial charge is 0.258 e. The Morgan fingerprint density at radius 2 is 1.42 bits per heavy atom. The summed E-state index contributed by atoms with van der Waals surface area (Å²) in [5.41, 5.74) is 0.938. The summed E-state index contributed by atoms with van der Waals surface area (Å²) in [6.45, 7) is 4.16. The fraction of sp³-hybridized carbons (Fsp3) is 0.429. The third kappa shape index (κ3) is 9.69. The van der Waals surface area contributed by atoms with Crippen molar-refractivity contribution in [2.24, 2.45) is 0 Å². The van der Waals surface area contributed by atoms with Gasteiger partial charge in [-0.15, -0.1) is 0 Å². The minimum Gasteiger partial charge on any atom is -0.310 e. The van der Waals surface area contributed by atoms with Gasteiger partial charge in [0.1, 0.15) is 11.6 Å². The fourth-order valence-electron chi connectivity index (χ4n) is 3.62. The van der Waals surface area contributed by atoms with E-state index in [2.05, 4.69) is 58.7 Å². The Hall–Kier alpha value is -2.46. The number of benzene rings is 2. The zero-order valence-electron chi connectivity index (χ0n) is 21.9. The molecule has 0 radical (unpaired) electrons. The second-order valence-electron chi connectivity index (χ2n) is 8.35. The lowest BCUT2D eigenvalue weighted by Crippen LogP contribution is -2.13. The molecule has 0 aliphatic heterocycles. The van der Waals surface area contributed by atoms with Crippen LogP contribution in [0.4, 0.5) is 8.78 Å². The molecule has 2 aromatic heterocycles. The number of aromatic nitrogens is 4. The molecule has 0 saturated heterocycles. The number of hydrogen-bond acceptors (Lipinski definition) is 4. The molecule has 6 nitrogen and oxygen atoms in total. The van der Waals surface area contributed by atoms with Crippen molar-refractivity contribution in [2.45, 2.75) is 72.4 Å². The topological polar surface area (TPSA) is 91.5 Å². The number of alkyl halides is 2. The van der Waals surface area contributed by atoms with Crippen LogP contribution in [0.2, 0.25) is 0 Å². The van der Waals surface area contributed by atoms with E-state index in [0.717, 1.165) is 46.0 Å². The summed E-state index contributed by atoms with van der Waals surface area (Å²) >= 11 is 6.71. The van der Waals surface area contributed by atoms with E-state index in [-0.39, 0.29) is 24.4 Å². The van der Waals surface area contributed by atoms with Gasteiger partial charge in [0, 0.05) is 15.4 Å². The molecule has 2 N–H and O–H groups in total. The molecule has 0 bridgehead atoms. The summed E-state index contributed by atoms with van der Waals surface area (Å²) in [4.78, 5) is 37.7. The molecule has 2 aromatic carbocycles. The molecule has 208 valence electrons. The number of rotatable bonds is 8. The molecule has 2 heterocycles. The number of fused-ring (bicyclic) bond motifs is 2. The van der Waals surface area contributed by atoms with Gasteiger partial charge in [0.15, 0.2) is 6.17 Å². The number of hydrogen-bond donors (Lipinski definition) is 2. The van der Waals surface area contributed by atoms with Crippen LogP contribution < -0.4 is 11.1 Å². The molecule has 4 rings (SSSR count). The van der Waals surface area contributed by atoms with Gasteiger partial charge >= 0.3 is 0 Å². The fourth-order valence-corrected chi connectivity index (χ4v) is 4.32. The zero-order chi connectivity index (χ0) is 28.1. The van der Waals surface area contributed by atoms with Crippen molar-refractivity contribution in [3.05, 3.63) is 77.7 Å². The maximum atomic E-state index is 13.9. The quantitative estimate of drug-likeness (QED) is 0.186. The van der Waals surface area contributed by atoms with Gasteiger partial charge in [0.05, 0.1) is 30.3 Å². The Bertz CT molecular complexity index is 1430. The molecule has 0 aliphatic carbocycles. The first-order valence-corrected chi connectivity index (χ1v) is 13.7. The maximum Gasteiger partial charge on any atom is 0.258 e. The standard InChI is InChI=1S/C13H14BrFN2O.C13H15BrN2O.CH3F.CH4/c1-2-3-4-10(15)12-16-11-7-8(14)5-6-9(11)13(18)17-12;1-2-3-4-5-12-15-11-8-9(14)6-7-10(11)13(17)16-12;1-2;/h5-7,10H,2-4H2,1H3,(H,16,17,18);6-8H,2-5H2,1H3,(H,15,16,17);1H3;1H4/i;;1D;. The van der Waals surface area contributed by atoms with Crippen molar-refractivity contribution in [1.29, 1.82) is 0 Å². The highest BCUT2D eigenvalue weighted by molar-refractivity contribution is 9.10. The lowest BCUT2D eigenvalue weighted by molar-refractivity contribution is 0.301. The molecule has 1 atom stereocenters. The Labute approximate surface area is 240 Å². The Morgan fingerprint density at radius 3 is 1.97 bits per heavy atom. The van der Waals surface area contributed by atoms with E-state index in [4.69, 9.17) is 1.37 Å². The monoisotopic (exact) mass is 657 g/mol. The van der Waals surface area contributed by atoms with Crippen molar-refractivity contribution in [1.82, 2.24) is 19.9 Å². The highest BCUT2D eigenvalue weighted by atomic mass is 79.9. The second kappa shape index (κ2) is 17.2. The van der Waals surface area contributed by atoms with E-state index in [0.29, 0.717) is 22.7 Å². The first-order chi connectivity index (χ1) is 18.2. The van der Waals surface area contributed by atoms with Gasteiger partial charge in [-0.1, -0.05) is 78.8 Å². The summed E-state index contributed by atoms with van der Waals surface area (Å²) in [6.07, 6.45) is 5.12. The minimum atomic E-state index is -1.21. The van der Waals surface area contributed by atoms with Crippen LogP contribution in [0.5, 0.6) is 0 Å².